The van der Waals surface area contributed by atoms with Gasteiger partial charge in [-0.3, -0.25) is 4.79 Å². The zero-order chi connectivity index (χ0) is 14.6. The number of nitrogens with one attached hydrogen (secondary N) is 2. The van der Waals surface area contributed by atoms with Crippen molar-refractivity contribution in [1.29, 1.82) is 0 Å². The molecule has 4 rings (SSSR count). The second kappa shape index (κ2) is 4.85. The van der Waals surface area contributed by atoms with Crippen molar-refractivity contribution in [3.05, 3.63) is 37.9 Å². The molecule has 5 heteroatoms. The number of thiophene rings is 2. The largest absolute Gasteiger partial charge is 0.352 e. The van der Waals surface area contributed by atoms with E-state index in [1.165, 1.54) is 26.6 Å². The third-order valence-corrected chi connectivity index (χ3v) is 6.59. The van der Waals surface area contributed by atoms with E-state index < -0.39 is 0 Å². The fourth-order valence-electron chi connectivity index (χ4n) is 3.21. The van der Waals surface area contributed by atoms with Crippen LogP contribution >= 0.6 is 22.7 Å². The average Bonchev–Trinajstić information content (AvgIpc) is 3.01. The minimum Gasteiger partial charge on any atom is -0.352 e. The molecule has 0 saturated carbocycles. The normalized spacial score (nSPS) is 24.0. The van der Waals surface area contributed by atoms with Crippen LogP contribution in [0, 0.1) is 12.8 Å². The van der Waals surface area contributed by atoms with Gasteiger partial charge in [-0.05, 0) is 49.8 Å². The van der Waals surface area contributed by atoms with Crippen LogP contribution in [-0.4, -0.2) is 5.91 Å². The number of rotatable bonds is 1. The predicted molar refractivity (Wildman–Crippen MR) is 88.4 cm³/mol. The summed E-state index contributed by atoms with van der Waals surface area (Å²) in [7, 11) is 0. The van der Waals surface area contributed by atoms with E-state index in [4.69, 9.17) is 0 Å². The van der Waals surface area contributed by atoms with Crippen LogP contribution in [0.2, 0.25) is 0 Å². The summed E-state index contributed by atoms with van der Waals surface area (Å²) < 4.78 is 0. The molecular weight excluding hydrogens is 300 g/mol. The fourth-order valence-corrected chi connectivity index (χ4v) is 5.53. The minimum absolute atomic E-state index is 0.0822. The van der Waals surface area contributed by atoms with Gasteiger partial charge in [-0.15, -0.1) is 22.7 Å². The van der Waals surface area contributed by atoms with Gasteiger partial charge in [0.1, 0.15) is 11.2 Å². The Morgan fingerprint density at radius 1 is 1.24 bits per heavy atom. The molecule has 110 valence electrons. The molecule has 1 aliphatic carbocycles. The van der Waals surface area contributed by atoms with Crippen LogP contribution in [-0.2, 0) is 12.8 Å². The van der Waals surface area contributed by atoms with Crippen LogP contribution in [0.3, 0.4) is 0 Å². The lowest BCUT2D eigenvalue weighted by molar-refractivity contribution is 0.0936. The zero-order valence-corrected chi connectivity index (χ0v) is 13.8. The summed E-state index contributed by atoms with van der Waals surface area (Å²) in [6, 6.07) is 4.20. The molecule has 21 heavy (non-hydrogen) atoms. The Bertz CT molecular complexity index is 716. The van der Waals surface area contributed by atoms with Gasteiger partial charge in [-0.2, -0.15) is 0 Å². The number of carbonyl (C=O) groups is 1. The predicted octanol–water partition coefficient (Wildman–Crippen LogP) is 4.10. The summed E-state index contributed by atoms with van der Waals surface area (Å²) in [5, 5.41) is 7.71. The summed E-state index contributed by atoms with van der Waals surface area (Å²) in [6.07, 6.45) is 3.27. The van der Waals surface area contributed by atoms with E-state index in [1.54, 1.807) is 22.7 Å². The van der Waals surface area contributed by atoms with E-state index in [0.29, 0.717) is 0 Å². The first-order valence-corrected chi connectivity index (χ1v) is 9.03. The van der Waals surface area contributed by atoms with Gasteiger partial charge in [-0.1, -0.05) is 6.92 Å². The molecule has 2 N–H and O–H groups in total. The molecule has 2 atom stereocenters. The van der Waals surface area contributed by atoms with Crippen molar-refractivity contribution in [3.8, 4) is 0 Å². The highest BCUT2D eigenvalue weighted by atomic mass is 32.1. The molecule has 2 aromatic rings. The zero-order valence-electron chi connectivity index (χ0n) is 12.2. The van der Waals surface area contributed by atoms with Gasteiger partial charge >= 0.3 is 0 Å². The van der Waals surface area contributed by atoms with Crippen LogP contribution < -0.4 is 10.6 Å². The van der Waals surface area contributed by atoms with E-state index >= 15 is 0 Å². The molecule has 2 aliphatic rings. The quantitative estimate of drug-likeness (QED) is 0.831. The van der Waals surface area contributed by atoms with Crippen molar-refractivity contribution < 1.29 is 4.79 Å². The fraction of sp³-hybridized carbons (Fsp3) is 0.438. The third kappa shape index (κ3) is 2.19. The number of aryl methyl sites for hydroxylation is 1. The maximum Gasteiger partial charge on any atom is 0.256 e. The number of fused-ring (bicyclic) bond motifs is 3. The molecule has 1 amide bonds. The number of anilines is 1. The Labute approximate surface area is 132 Å². The topological polar surface area (TPSA) is 41.1 Å². The molecule has 0 spiro atoms. The lowest BCUT2D eigenvalue weighted by Gasteiger charge is -2.26. The molecule has 0 fully saturated rings. The molecule has 2 aromatic heterocycles. The molecular formula is C16H18N2OS2. The van der Waals surface area contributed by atoms with Gasteiger partial charge in [0.2, 0.25) is 0 Å². The lowest BCUT2D eigenvalue weighted by atomic mass is 9.88. The van der Waals surface area contributed by atoms with Gasteiger partial charge in [0.15, 0.2) is 0 Å². The second-order valence-electron chi connectivity index (χ2n) is 6.06. The first kappa shape index (κ1) is 13.3. The highest BCUT2D eigenvalue weighted by Crippen LogP contribution is 2.43. The molecule has 0 aromatic carbocycles. The van der Waals surface area contributed by atoms with Crippen molar-refractivity contribution in [2.45, 2.75) is 39.3 Å². The van der Waals surface area contributed by atoms with E-state index in [-0.39, 0.29) is 12.1 Å². The molecule has 3 heterocycles. The number of hydrogen-bond donors (Lipinski definition) is 2. The smallest absolute Gasteiger partial charge is 0.256 e. The number of hydrogen-bond acceptors (Lipinski definition) is 4. The second-order valence-corrected chi connectivity index (χ2v) is 8.48. The van der Waals surface area contributed by atoms with Crippen LogP contribution in [0.1, 0.15) is 50.1 Å². The molecule has 0 bridgehead atoms. The van der Waals surface area contributed by atoms with Crippen molar-refractivity contribution in [1.82, 2.24) is 5.32 Å². The van der Waals surface area contributed by atoms with Crippen LogP contribution in [0.15, 0.2) is 12.1 Å². The van der Waals surface area contributed by atoms with Crippen LogP contribution in [0.25, 0.3) is 0 Å². The Hall–Kier alpha value is -1.33. The Balaban J connectivity index is 1.71. The Morgan fingerprint density at radius 3 is 2.86 bits per heavy atom. The van der Waals surface area contributed by atoms with Gasteiger partial charge in [0, 0.05) is 14.6 Å². The van der Waals surface area contributed by atoms with Crippen molar-refractivity contribution in [3.63, 3.8) is 0 Å². The first-order valence-electron chi connectivity index (χ1n) is 7.40. The van der Waals surface area contributed by atoms with E-state index in [1.807, 2.05) is 0 Å². The summed E-state index contributed by atoms with van der Waals surface area (Å²) in [4.78, 5) is 16.4. The van der Waals surface area contributed by atoms with Gasteiger partial charge in [0.25, 0.3) is 5.91 Å². The van der Waals surface area contributed by atoms with Crippen molar-refractivity contribution in [2.75, 3.05) is 5.32 Å². The molecule has 0 radical (unpaired) electrons. The number of amides is 1. The summed E-state index contributed by atoms with van der Waals surface area (Å²) >= 11 is 3.52. The Kier molecular flexibility index (Phi) is 3.08. The molecule has 1 aliphatic heterocycles. The summed E-state index contributed by atoms with van der Waals surface area (Å²) in [5.41, 5.74) is 2.20. The average molecular weight is 318 g/mol. The van der Waals surface area contributed by atoms with E-state index in [2.05, 4.69) is 36.6 Å². The summed E-state index contributed by atoms with van der Waals surface area (Å²) in [5.74, 6) is 0.822. The standard InChI is InChI=1S/C16H18N2OS2/c1-8-3-5-10-12(7-8)21-16-13(10)15(19)17-14(18-16)11-6-4-9(2)20-11/h4,6,8,14,18H,3,5,7H2,1-2H3,(H,17,19)/t8-,14+/m1/s1. The summed E-state index contributed by atoms with van der Waals surface area (Å²) in [6.45, 7) is 4.39. The van der Waals surface area contributed by atoms with E-state index in [9.17, 15) is 4.79 Å². The SMILES string of the molecule is Cc1ccc([C@H]2NC(=O)c3c(sc4c3CC[C@@H](C)C4)N2)s1. The number of carbonyl (C=O) groups excluding carboxylic acids is 1. The van der Waals surface area contributed by atoms with Crippen molar-refractivity contribution >= 4 is 33.6 Å². The van der Waals surface area contributed by atoms with Crippen LogP contribution in [0.4, 0.5) is 5.00 Å². The van der Waals surface area contributed by atoms with Gasteiger partial charge < -0.3 is 10.6 Å². The van der Waals surface area contributed by atoms with Crippen LogP contribution in [0.5, 0.6) is 0 Å². The van der Waals surface area contributed by atoms with Gasteiger partial charge in [0.05, 0.1) is 5.56 Å². The highest BCUT2D eigenvalue weighted by Gasteiger charge is 2.33. The molecule has 0 saturated heterocycles. The lowest BCUT2D eigenvalue weighted by Crippen LogP contribution is -2.37. The molecule has 3 nitrogen and oxygen atoms in total. The third-order valence-electron chi connectivity index (χ3n) is 4.34. The Morgan fingerprint density at radius 2 is 2.10 bits per heavy atom. The maximum absolute atomic E-state index is 12.6. The first-order chi connectivity index (χ1) is 10.1. The minimum atomic E-state index is -0.0822. The maximum atomic E-state index is 12.6. The molecule has 0 unspecified atom stereocenters. The van der Waals surface area contributed by atoms with Gasteiger partial charge in [-0.25, -0.2) is 0 Å². The monoisotopic (exact) mass is 318 g/mol. The van der Waals surface area contributed by atoms with E-state index in [0.717, 1.165) is 29.3 Å². The van der Waals surface area contributed by atoms with Crippen molar-refractivity contribution in [2.24, 2.45) is 5.92 Å². The highest BCUT2D eigenvalue weighted by molar-refractivity contribution is 7.17.